The average molecular weight is 318 g/mol. The third-order valence-corrected chi connectivity index (χ3v) is 4.51. The molecule has 2 aliphatic heterocycles. The molecule has 3 heterocycles. The van der Waals surface area contributed by atoms with Crippen LogP contribution in [0.15, 0.2) is 12.4 Å². The van der Waals surface area contributed by atoms with E-state index >= 15 is 0 Å². The number of anilines is 1. The molecule has 2 aliphatic rings. The maximum absolute atomic E-state index is 11.9. The topological polar surface area (TPSA) is 75.6 Å². The first kappa shape index (κ1) is 15.7. The van der Waals surface area contributed by atoms with Crippen molar-refractivity contribution in [3.8, 4) is 0 Å². The molecule has 124 valence electrons. The highest BCUT2D eigenvalue weighted by Gasteiger charge is 2.42. The molecule has 23 heavy (non-hydrogen) atoms. The van der Waals surface area contributed by atoms with Crippen LogP contribution in [0.4, 0.5) is 10.6 Å². The van der Waals surface area contributed by atoms with E-state index in [0.29, 0.717) is 19.0 Å². The first-order chi connectivity index (χ1) is 10.9. The Hall–Kier alpha value is -2.18. The minimum atomic E-state index is -0.427. The summed E-state index contributed by atoms with van der Waals surface area (Å²) < 4.78 is 5.10. The number of cyclic esters (lactones) is 1. The fourth-order valence-electron chi connectivity index (χ4n) is 3.18. The SMILES string of the molecule is CC(=O)N1CCC[C@H](c2cnc(N3C(=O)OCC3(C)C)cn2)C1. The maximum Gasteiger partial charge on any atom is 0.416 e. The van der Waals surface area contributed by atoms with E-state index in [4.69, 9.17) is 4.74 Å². The van der Waals surface area contributed by atoms with Gasteiger partial charge >= 0.3 is 6.09 Å². The number of nitrogens with zero attached hydrogens (tertiary/aromatic N) is 4. The van der Waals surface area contributed by atoms with E-state index in [1.807, 2.05) is 18.7 Å². The Balaban J connectivity index is 1.77. The number of hydrogen-bond acceptors (Lipinski definition) is 5. The lowest BCUT2D eigenvalue weighted by atomic mass is 9.95. The van der Waals surface area contributed by atoms with Crippen LogP contribution in [-0.2, 0) is 9.53 Å². The normalized spacial score (nSPS) is 23.8. The van der Waals surface area contributed by atoms with E-state index in [2.05, 4.69) is 9.97 Å². The molecule has 3 rings (SSSR count). The predicted molar refractivity (Wildman–Crippen MR) is 84.2 cm³/mol. The number of rotatable bonds is 2. The molecule has 0 aromatic carbocycles. The van der Waals surface area contributed by atoms with Crippen molar-refractivity contribution in [3.63, 3.8) is 0 Å². The minimum absolute atomic E-state index is 0.0980. The quantitative estimate of drug-likeness (QED) is 0.833. The molecule has 0 saturated carbocycles. The van der Waals surface area contributed by atoms with E-state index in [1.165, 1.54) is 4.90 Å². The number of carbonyl (C=O) groups excluding carboxylic acids is 2. The lowest BCUT2D eigenvalue weighted by Crippen LogP contribution is -2.42. The number of amides is 2. The summed E-state index contributed by atoms with van der Waals surface area (Å²) in [4.78, 5) is 35.7. The molecular formula is C16H22N4O3. The van der Waals surface area contributed by atoms with Crippen LogP contribution in [0.5, 0.6) is 0 Å². The molecule has 1 aromatic heterocycles. The maximum atomic E-state index is 11.9. The van der Waals surface area contributed by atoms with Gasteiger partial charge < -0.3 is 9.64 Å². The summed E-state index contributed by atoms with van der Waals surface area (Å²) in [6.07, 6.45) is 4.91. The van der Waals surface area contributed by atoms with Gasteiger partial charge in [-0.3, -0.25) is 14.7 Å². The van der Waals surface area contributed by atoms with Gasteiger partial charge in [0.2, 0.25) is 5.91 Å². The highest BCUT2D eigenvalue weighted by molar-refractivity contribution is 5.89. The lowest BCUT2D eigenvalue weighted by molar-refractivity contribution is -0.130. The highest BCUT2D eigenvalue weighted by Crippen LogP contribution is 2.30. The Morgan fingerprint density at radius 3 is 2.70 bits per heavy atom. The second-order valence-corrected chi connectivity index (χ2v) is 6.81. The summed E-state index contributed by atoms with van der Waals surface area (Å²) in [5.74, 6) is 0.800. The molecular weight excluding hydrogens is 296 g/mol. The standard InChI is InChI=1S/C16H22N4O3/c1-11(21)19-6-4-5-12(9-19)13-7-18-14(8-17-13)20-15(22)23-10-16(20,2)3/h7-8,12H,4-6,9-10H2,1-3H3/t12-/m0/s1. The molecule has 0 spiro atoms. The van der Waals surface area contributed by atoms with Gasteiger partial charge in [0, 0.05) is 25.9 Å². The Morgan fingerprint density at radius 1 is 1.35 bits per heavy atom. The average Bonchev–Trinajstić information content (AvgIpc) is 2.81. The summed E-state index contributed by atoms with van der Waals surface area (Å²) in [6.45, 7) is 7.29. The summed E-state index contributed by atoms with van der Waals surface area (Å²) in [5, 5.41) is 0. The Bertz CT molecular complexity index is 614. The Kier molecular flexibility index (Phi) is 3.95. The van der Waals surface area contributed by atoms with E-state index < -0.39 is 11.6 Å². The van der Waals surface area contributed by atoms with Crippen molar-refractivity contribution >= 4 is 17.8 Å². The van der Waals surface area contributed by atoms with Crippen molar-refractivity contribution in [2.75, 3.05) is 24.6 Å². The van der Waals surface area contributed by atoms with Gasteiger partial charge in [-0.2, -0.15) is 0 Å². The van der Waals surface area contributed by atoms with Crippen LogP contribution in [0.25, 0.3) is 0 Å². The molecule has 2 amide bonds. The van der Waals surface area contributed by atoms with Crippen LogP contribution in [0.2, 0.25) is 0 Å². The smallest absolute Gasteiger partial charge is 0.416 e. The number of aromatic nitrogens is 2. The van der Waals surface area contributed by atoms with Gasteiger partial charge in [0.25, 0.3) is 0 Å². The summed E-state index contributed by atoms with van der Waals surface area (Å²) in [7, 11) is 0. The lowest BCUT2D eigenvalue weighted by Gasteiger charge is -2.32. The fraction of sp³-hybridized carbons (Fsp3) is 0.625. The van der Waals surface area contributed by atoms with Crippen molar-refractivity contribution in [1.82, 2.24) is 14.9 Å². The molecule has 2 saturated heterocycles. The minimum Gasteiger partial charge on any atom is -0.447 e. The van der Waals surface area contributed by atoms with E-state index in [-0.39, 0.29) is 11.8 Å². The summed E-state index contributed by atoms with van der Waals surface area (Å²) in [5.41, 5.74) is 0.439. The van der Waals surface area contributed by atoms with Crippen LogP contribution >= 0.6 is 0 Å². The summed E-state index contributed by atoms with van der Waals surface area (Å²) in [6, 6.07) is 0. The van der Waals surface area contributed by atoms with Crippen molar-refractivity contribution in [3.05, 3.63) is 18.1 Å². The van der Waals surface area contributed by atoms with Gasteiger partial charge in [0.05, 0.1) is 23.6 Å². The third kappa shape index (κ3) is 3.00. The van der Waals surface area contributed by atoms with Crippen LogP contribution in [0.3, 0.4) is 0 Å². The molecule has 7 heteroatoms. The fourth-order valence-corrected chi connectivity index (χ4v) is 3.18. The second-order valence-electron chi connectivity index (χ2n) is 6.81. The van der Waals surface area contributed by atoms with Crippen LogP contribution < -0.4 is 4.90 Å². The zero-order valence-corrected chi connectivity index (χ0v) is 13.8. The largest absolute Gasteiger partial charge is 0.447 e. The summed E-state index contributed by atoms with van der Waals surface area (Å²) >= 11 is 0. The Morgan fingerprint density at radius 2 is 2.13 bits per heavy atom. The van der Waals surface area contributed by atoms with Gasteiger partial charge in [-0.15, -0.1) is 0 Å². The molecule has 0 N–H and O–H groups in total. The second kappa shape index (κ2) is 5.79. The van der Waals surface area contributed by atoms with Gasteiger partial charge in [-0.25, -0.2) is 9.78 Å². The third-order valence-electron chi connectivity index (χ3n) is 4.51. The molecule has 2 fully saturated rings. The molecule has 0 radical (unpaired) electrons. The first-order valence-corrected chi connectivity index (χ1v) is 7.93. The van der Waals surface area contributed by atoms with Crippen molar-refractivity contribution in [2.24, 2.45) is 0 Å². The van der Waals surface area contributed by atoms with Crippen LogP contribution in [0, 0.1) is 0 Å². The van der Waals surface area contributed by atoms with Crippen molar-refractivity contribution in [2.45, 2.75) is 45.1 Å². The molecule has 1 aromatic rings. The first-order valence-electron chi connectivity index (χ1n) is 7.93. The molecule has 0 unspecified atom stereocenters. The zero-order chi connectivity index (χ0) is 16.6. The van der Waals surface area contributed by atoms with Crippen molar-refractivity contribution < 1.29 is 14.3 Å². The van der Waals surface area contributed by atoms with Gasteiger partial charge in [-0.05, 0) is 26.7 Å². The van der Waals surface area contributed by atoms with E-state index in [9.17, 15) is 9.59 Å². The number of ether oxygens (including phenoxy) is 1. The van der Waals surface area contributed by atoms with Crippen molar-refractivity contribution in [1.29, 1.82) is 0 Å². The zero-order valence-electron chi connectivity index (χ0n) is 13.8. The van der Waals surface area contributed by atoms with Crippen LogP contribution in [-0.4, -0.2) is 52.1 Å². The molecule has 1 atom stereocenters. The predicted octanol–water partition coefficient (Wildman–Crippen LogP) is 1.94. The Labute approximate surface area is 135 Å². The number of hydrogen-bond donors (Lipinski definition) is 0. The van der Waals surface area contributed by atoms with Gasteiger partial charge in [0.1, 0.15) is 6.61 Å². The molecule has 0 aliphatic carbocycles. The van der Waals surface area contributed by atoms with E-state index in [1.54, 1.807) is 19.3 Å². The monoisotopic (exact) mass is 318 g/mol. The highest BCUT2D eigenvalue weighted by atomic mass is 16.6. The number of carbonyl (C=O) groups is 2. The van der Waals surface area contributed by atoms with Gasteiger partial charge in [0.15, 0.2) is 5.82 Å². The number of piperidine rings is 1. The molecule has 0 bridgehead atoms. The van der Waals surface area contributed by atoms with E-state index in [0.717, 1.165) is 25.1 Å². The van der Waals surface area contributed by atoms with Gasteiger partial charge in [-0.1, -0.05) is 0 Å². The molecule has 7 nitrogen and oxygen atoms in total. The number of likely N-dealkylation sites (tertiary alicyclic amines) is 1. The van der Waals surface area contributed by atoms with Crippen LogP contribution in [0.1, 0.15) is 45.2 Å².